The molecule has 3 heterocycles. The minimum Gasteiger partial charge on any atom is -0.459 e. The van der Waals surface area contributed by atoms with Crippen LogP contribution >= 0.6 is 11.3 Å². The molecule has 0 radical (unpaired) electrons. The van der Waals surface area contributed by atoms with Crippen LogP contribution in [0.3, 0.4) is 0 Å². The van der Waals surface area contributed by atoms with Crippen LogP contribution < -0.4 is 5.32 Å². The third kappa shape index (κ3) is 4.98. The zero-order chi connectivity index (χ0) is 20.8. The number of carbonyl (C=O) groups excluding carboxylic acids is 2. The quantitative estimate of drug-likeness (QED) is 0.633. The molecule has 6 nitrogen and oxygen atoms in total. The van der Waals surface area contributed by atoms with Crippen molar-refractivity contribution in [2.24, 2.45) is 0 Å². The molecule has 30 heavy (non-hydrogen) atoms. The lowest BCUT2D eigenvalue weighted by molar-refractivity contribution is -0.122. The van der Waals surface area contributed by atoms with Crippen LogP contribution in [-0.4, -0.2) is 54.3 Å². The van der Waals surface area contributed by atoms with E-state index in [-0.39, 0.29) is 17.9 Å². The number of piperazine rings is 1. The molecular formula is C23H25N3O3S. The van der Waals surface area contributed by atoms with Crippen molar-refractivity contribution in [2.75, 3.05) is 32.7 Å². The van der Waals surface area contributed by atoms with E-state index < -0.39 is 0 Å². The number of thiophene rings is 1. The van der Waals surface area contributed by atoms with Crippen LogP contribution in [0.25, 0.3) is 0 Å². The van der Waals surface area contributed by atoms with Gasteiger partial charge in [-0.25, -0.2) is 0 Å². The van der Waals surface area contributed by atoms with Gasteiger partial charge in [0, 0.05) is 44.0 Å². The summed E-state index contributed by atoms with van der Waals surface area (Å²) in [7, 11) is 0. The van der Waals surface area contributed by atoms with Crippen molar-refractivity contribution in [1.82, 2.24) is 15.1 Å². The molecule has 1 aliphatic heterocycles. The highest BCUT2D eigenvalue weighted by Crippen LogP contribution is 2.26. The van der Waals surface area contributed by atoms with Gasteiger partial charge in [0.15, 0.2) is 5.76 Å². The molecule has 156 valence electrons. The smallest absolute Gasteiger partial charge is 0.289 e. The summed E-state index contributed by atoms with van der Waals surface area (Å²) >= 11 is 1.65. The van der Waals surface area contributed by atoms with Crippen LogP contribution in [0, 0.1) is 0 Å². The summed E-state index contributed by atoms with van der Waals surface area (Å²) in [6, 6.07) is 17.4. The molecule has 4 rings (SSSR count). The zero-order valence-electron chi connectivity index (χ0n) is 16.7. The molecule has 1 atom stereocenters. The fraction of sp³-hybridized carbons (Fsp3) is 0.304. The van der Waals surface area contributed by atoms with E-state index in [0.717, 1.165) is 23.5 Å². The Bertz CT molecular complexity index is 934. The average Bonchev–Trinajstić information content (AvgIpc) is 3.51. The van der Waals surface area contributed by atoms with E-state index in [1.807, 2.05) is 41.8 Å². The average molecular weight is 424 g/mol. The Morgan fingerprint density at radius 3 is 2.47 bits per heavy atom. The van der Waals surface area contributed by atoms with Gasteiger partial charge in [-0.05, 0) is 29.1 Å². The van der Waals surface area contributed by atoms with Crippen molar-refractivity contribution in [3.05, 3.63) is 82.4 Å². The SMILES string of the molecule is O=C(CCN1CCN(C(=O)c2ccco2)CC1)NC(c1ccccc1)c1cccs1. The molecule has 3 aromatic rings. The lowest BCUT2D eigenvalue weighted by Crippen LogP contribution is -2.49. The first kappa shape index (κ1) is 20.4. The van der Waals surface area contributed by atoms with Crippen LogP contribution in [0.1, 0.15) is 33.5 Å². The molecule has 1 aromatic carbocycles. The van der Waals surface area contributed by atoms with E-state index in [0.29, 0.717) is 31.8 Å². The number of rotatable bonds is 7. The van der Waals surface area contributed by atoms with E-state index in [1.165, 1.54) is 6.26 Å². The van der Waals surface area contributed by atoms with Crippen molar-refractivity contribution < 1.29 is 14.0 Å². The topological polar surface area (TPSA) is 65.8 Å². The molecule has 1 aliphatic rings. The number of benzene rings is 1. The maximum absolute atomic E-state index is 12.7. The maximum Gasteiger partial charge on any atom is 0.289 e. The van der Waals surface area contributed by atoms with Gasteiger partial charge in [0.2, 0.25) is 5.91 Å². The molecule has 0 aliphatic carbocycles. The second-order valence-corrected chi connectivity index (χ2v) is 8.27. The Labute approximate surface area is 180 Å². The molecule has 1 saturated heterocycles. The minimum atomic E-state index is -0.124. The molecule has 1 fully saturated rings. The highest BCUT2D eigenvalue weighted by atomic mass is 32.1. The highest BCUT2D eigenvalue weighted by molar-refractivity contribution is 7.10. The third-order valence-corrected chi connectivity index (χ3v) is 6.25. The molecule has 0 saturated carbocycles. The molecule has 1 N–H and O–H groups in total. The zero-order valence-corrected chi connectivity index (χ0v) is 17.5. The minimum absolute atomic E-state index is 0.0337. The standard InChI is InChI=1S/C23H25N3O3S/c27-21(24-22(20-9-5-17-30-20)18-6-2-1-3-7-18)10-11-25-12-14-26(15-13-25)23(28)19-8-4-16-29-19/h1-9,16-17,22H,10-15H2,(H,24,27). The van der Waals surface area contributed by atoms with Crippen molar-refractivity contribution in [2.45, 2.75) is 12.5 Å². The van der Waals surface area contributed by atoms with E-state index in [4.69, 9.17) is 4.42 Å². The summed E-state index contributed by atoms with van der Waals surface area (Å²) in [5.74, 6) is 0.341. The van der Waals surface area contributed by atoms with Crippen LogP contribution in [0.5, 0.6) is 0 Å². The second kappa shape index (κ2) is 9.73. The van der Waals surface area contributed by atoms with E-state index in [2.05, 4.69) is 16.3 Å². The fourth-order valence-electron chi connectivity index (χ4n) is 3.64. The van der Waals surface area contributed by atoms with Gasteiger partial charge in [-0.1, -0.05) is 36.4 Å². The van der Waals surface area contributed by atoms with Crippen molar-refractivity contribution in [1.29, 1.82) is 0 Å². The Kier molecular flexibility index (Phi) is 6.61. The van der Waals surface area contributed by atoms with Gasteiger partial charge in [0.1, 0.15) is 0 Å². The summed E-state index contributed by atoms with van der Waals surface area (Å²) in [5.41, 5.74) is 1.08. The Morgan fingerprint density at radius 1 is 1.00 bits per heavy atom. The van der Waals surface area contributed by atoms with Gasteiger partial charge in [-0.3, -0.25) is 14.5 Å². The molecule has 2 aromatic heterocycles. The van der Waals surface area contributed by atoms with Crippen LogP contribution in [0.15, 0.2) is 70.7 Å². The summed E-state index contributed by atoms with van der Waals surface area (Å²) in [6.45, 7) is 3.48. The Morgan fingerprint density at radius 2 is 1.80 bits per heavy atom. The summed E-state index contributed by atoms with van der Waals surface area (Å²) in [4.78, 5) is 30.2. The monoisotopic (exact) mass is 423 g/mol. The van der Waals surface area contributed by atoms with Gasteiger partial charge in [0.05, 0.1) is 12.3 Å². The molecule has 7 heteroatoms. The van der Waals surface area contributed by atoms with E-state index in [1.54, 1.807) is 28.4 Å². The number of nitrogens with zero attached hydrogens (tertiary/aromatic N) is 2. The molecule has 1 unspecified atom stereocenters. The Hall–Kier alpha value is -2.90. The summed E-state index contributed by atoms with van der Waals surface area (Å²) < 4.78 is 5.20. The van der Waals surface area contributed by atoms with Crippen LogP contribution in [0.2, 0.25) is 0 Å². The Balaban J connectivity index is 1.27. The molecule has 2 amide bonds. The van der Waals surface area contributed by atoms with Crippen molar-refractivity contribution in [3.8, 4) is 0 Å². The lowest BCUT2D eigenvalue weighted by Gasteiger charge is -2.34. The predicted molar refractivity (Wildman–Crippen MR) is 116 cm³/mol. The number of hydrogen-bond donors (Lipinski definition) is 1. The first-order valence-corrected chi connectivity index (χ1v) is 11.0. The molecule has 0 spiro atoms. The third-order valence-electron chi connectivity index (χ3n) is 5.31. The number of nitrogens with one attached hydrogen (secondary N) is 1. The normalized spacial score (nSPS) is 15.7. The molecular weight excluding hydrogens is 398 g/mol. The molecule has 0 bridgehead atoms. The highest BCUT2D eigenvalue weighted by Gasteiger charge is 2.24. The van der Waals surface area contributed by atoms with Gasteiger partial charge in [-0.2, -0.15) is 0 Å². The largest absolute Gasteiger partial charge is 0.459 e. The van der Waals surface area contributed by atoms with Gasteiger partial charge in [-0.15, -0.1) is 11.3 Å². The first-order valence-electron chi connectivity index (χ1n) is 10.1. The number of hydrogen-bond acceptors (Lipinski definition) is 5. The predicted octanol–water partition coefficient (Wildman–Crippen LogP) is 3.39. The van der Waals surface area contributed by atoms with Crippen LogP contribution in [0.4, 0.5) is 0 Å². The second-order valence-electron chi connectivity index (χ2n) is 7.29. The van der Waals surface area contributed by atoms with Crippen molar-refractivity contribution in [3.63, 3.8) is 0 Å². The first-order chi connectivity index (χ1) is 14.7. The lowest BCUT2D eigenvalue weighted by atomic mass is 10.1. The van der Waals surface area contributed by atoms with Gasteiger partial charge >= 0.3 is 0 Å². The number of furan rings is 1. The maximum atomic E-state index is 12.7. The number of carbonyl (C=O) groups is 2. The summed E-state index contributed by atoms with van der Waals surface area (Å²) in [5, 5.41) is 5.22. The number of amides is 2. The van der Waals surface area contributed by atoms with E-state index >= 15 is 0 Å². The van der Waals surface area contributed by atoms with Gasteiger partial charge < -0.3 is 14.6 Å². The fourth-order valence-corrected chi connectivity index (χ4v) is 4.45. The van der Waals surface area contributed by atoms with Gasteiger partial charge in [0.25, 0.3) is 5.91 Å². The van der Waals surface area contributed by atoms with Crippen molar-refractivity contribution >= 4 is 23.2 Å². The van der Waals surface area contributed by atoms with Crippen LogP contribution in [-0.2, 0) is 4.79 Å². The summed E-state index contributed by atoms with van der Waals surface area (Å²) in [6.07, 6.45) is 1.95. The van der Waals surface area contributed by atoms with E-state index in [9.17, 15) is 9.59 Å².